The van der Waals surface area contributed by atoms with E-state index in [4.69, 9.17) is 4.74 Å². The number of halogens is 1. The quantitative estimate of drug-likeness (QED) is 0.871. The predicted molar refractivity (Wildman–Crippen MR) is 75.8 cm³/mol. The molecule has 0 radical (unpaired) electrons. The molecule has 1 N–H and O–H groups in total. The van der Waals surface area contributed by atoms with Gasteiger partial charge in [-0.1, -0.05) is 20.8 Å². The number of ether oxygens (including phenoxy) is 1. The third-order valence-corrected chi connectivity index (χ3v) is 3.37. The summed E-state index contributed by atoms with van der Waals surface area (Å²) in [6.45, 7) is 8.99. The van der Waals surface area contributed by atoms with Crippen molar-refractivity contribution in [1.82, 2.24) is 9.97 Å². The van der Waals surface area contributed by atoms with E-state index in [1.165, 1.54) is 0 Å². The second kappa shape index (κ2) is 5.53. The van der Waals surface area contributed by atoms with Gasteiger partial charge >= 0.3 is 0 Å². The minimum Gasteiger partial charge on any atom is -0.381 e. The first-order valence-electron chi connectivity index (χ1n) is 6.32. The van der Waals surface area contributed by atoms with Gasteiger partial charge < -0.3 is 10.1 Å². The van der Waals surface area contributed by atoms with E-state index in [-0.39, 0.29) is 5.41 Å². The number of hydrogen-bond donors (Lipinski definition) is 1. The number of anilines is 1. The van der Waals surface area contributed by atoms with Gasteiger partial charge in [0.15, 0.2) is 0 Å². The van der Waals surface area contributed by atoms with Crippen molar-refractivity contribution in [2.45, 2.75) is 32.6 Å². The fraction of sp³-hybridized carbons (Fsp3) is 0.692. The van der Waals surface area contributed by atoms with Crippen LogP contribution in [-0.4, -0.2) is 29.7 Å². The van der Waals surface area contributed by atoms with Crippen molar-refractivity contribution in [1.29, 1.82) is 0 Å². The zero-order chi connectivity index (χ0) is 13.2. The summed E-state index contributed by atoms with van der Waals surface area (Å²) in [4.78, 5) is 9.00. The largest absolute Gasteiger partial charge is 0.381 e. The molecule has 2 heterocycles. The van der Waals surface area contributed by atoms with Crippen LogP contribution >= 0.6 is 15.9 Å². The summed E-state index contributed by atoms with van der Waals surface area (Å²) in [5, 5.41) is 3.38. The lowest BCUT2D eigenvalue weighted by molar-refractivity contribution is 0.187. The van der Waals surface area contributed by atoms with Gasteiger partial charge in [-0.2, -0.15) is 0 Å². The van der Waals surface area contributed by atoms with Crippen LogP contribution in [0.25, 0.3) is 0 Å². The minimum absolute atomic E-state index is 0.0450. The van der Waals surface area contributed by atoms with E-state index >= 15 is 0 Å². The van der Waals surface area contributed by atoms with Gasteiger partial charge in [0.05, 0.1) is 6.61 Å². The number of nitrogens with zero attached hydrogens (tertiary/aromatic N) is 2. The molecule has 1 aliphatic heterocycles. The Hall–Kier alpha value is -0.680. The molecule has 0 saturated carbocycles. The van der Waals surface area contributed by atoms with E-state index in [0.29, 0.717) is 5.92 Å². The maximum absolute atomic E-state index is 5.37. The van der Waals surface area contributed by atoms with Crippen molar-refractivity contribution >= 4 is 21.7 Å². The van der Waals surface area contributed by atoms with Crippen molar-refractivity contribution in [3.05, 3.63) is 16.5 Å². The fourth-order valence-corrected chi connectivity index (χ4v) is 2.22. The zero-order valence-corrected chi connectivity index (χ0v) is 12.7. The Morgan fingerprint density at radius 2 is 2.22 bits per heavy atom. The topological polar surface area (TPSA) is 47.0 Å². The molecule has 1 aromatic heterocycles. The Morgan fingerprint density at radius 3 is 2.83 bits per heavy atom. The van der Waals surface area contributed by atoms with E-state index in [1.807, 2.05) is 6.07 Å². The molecule has 1 aromatic rings. The molecular weight excluding hydrogens is 294 g/mol. The Kier molecular flexibility index (Phi) is 4.22. The lowest BCUT2D eigenvalue weighted by atomic mass is 9.96. The van der Waals surface area contributed by atoms with Crippen LogP contribution in [-0.2, 0) is 10.2 Å². The highest BCUT2D eigenvalue weighted by atomic mass is 79.9. The van der Waals surface area contributed by atoms with Gasteiger partial charge in [0.2, 0.25) is 0 Å². The summed E-state index contributed by atoms with van der Waals surface area (Å²) in [5.74, 6) is 2.33. The molecule has 4 nitrogen and oxygen atoms in total. The zero-order valence-electron chi connectivity index (χ0n) is 11.2. The lowest BCUT2D eigenvalue weighted by Crippen LogP contribution is -2.19. The van der Waals surface area contributed by atoms with Crippen LogP contribution in [0.4, 0.5) is 5.82 Å². The van der Waals surface area contributed by atoms with Gasteiger partial charge in [0.1, 0.15) is 16.2 Å². The molecule has 1 saturated heterocycles. The summed E-state index contributed by atoms with van der Waals surface area (Å²) in [5.41, 5.74) is -0.0450. The molecule has 2 rings (SSSR count). The molecule has 0 spiro atoms. The molecule has 1 aliphatic rings. The molecule has 1 fully saturated rings. The van der Waals surface area contributed by atoms with Gasteiger partial charge in [0, 0.05) is 30.6 Å². The van der Waals surface area contributed by atoms with Crippen molar-refractivity contribution < 1.29 is 4.74 Å². The van der Waals surface area contributed by atoms with E-state index in [1.54, 1.807) is 0 Å². The first kappa shape index (κ1) is 13.7. The summed E-state index contributed by atoms with van der Waals surface area (Å²) in [7, 11) is 0. The normalized spacial score (nSPS) is 20.1. The predicted octanol–water partition coefficient (Wildman–Crippen LogP) is 2.99. The number of rotatable bonds is 3. The second-order valence-electron chi connectivity index (χ2n) is 5.76. The van der Waals surface area contributed by atoms with Crippen LogP contribution in [0, 0.1) is 5.92 Å². The van der Waals surface area contributed by atoms with Crippen LogP contribution in [0.15, 0.2) is 10.7 Å². The highest BCUT2D eigenvalue weighted by Gasteiger charge is 2.19. The third-order valence-electron chi connectivity index (χ3n) is 2.96. The number of aromatic nitrogens is 2. The molecule has 1 unspecified atom stereocenters. The second-order valence-corrected chi connectivity index (χ2v) is 6.57. The van der Waals surface area contributed by atoms with Gasteiger partial charge in [-0.25, -0.2) is 9.97 Å². The highest BCUT2D eigenvalue weighted by Crippen LogP contribution is 2.23. The Bertz CT molecular complexity index is 411. The summed E-state index contributed by atoms with van der Waals surface area (Å²) >= 11 is 3.44. The molecule has 0 aromatic carbocycles. The van der Waals surface area contributed by atoms with Gasteiger partial charge in [-0.3, -0.25) is 0 Å². The van der Waals surface area contributed by atoms with Crippen LogP contribution in [0.2, 0.25) is 0 Å². The Morgan fingerprint density at radius 1 is 1.44 bits per heavy atom. The fourth-order valence-electron chi connectivity index (χ4n) is 1.84. The molecule has 0 bridgehead atoms. The third kappa shape index (κ3) is 3.65. The molecule has 100 valence electrons. The maximum Gasteiger partial charge on any atom is 0.137 e. The molecule has 5 heteroatoms. The van der Waals surface area contributed by atoms with Crippen molar-refractivity contribution in [3.8, 4) is 0 Å². The summed E-state index contributed by atoms with van der Waals surface area (Å²) < 4.78 is 6.19. The molecule has 0 amide bonds. The van der Waals surface area contributed by atoms with Crippen molar-refractivity contribution in [2.24, 2.45) is 5.92 Å². The average molecular weight is 314 g/mol. The Balaban J connectivity index is 2.05. The molecule has 18 heavy (non-hydrogen) atoms. The highest BCUT2D eigenvalue weighted by molar-refractivity contribution is 9.10. The molecule has 1 atom stereocenters. The average Bonchev–Trinajstić information content (AvgIpc) is 2.77. The minimum atomic E-state index is -0.0450. The van der Waals surface area contributed by atoms with Crippen LogP contribution in [0.3, 0.4) is 0 Å². The summed E-state index contributed by atoms with van der Waals surface area (Å²) in [6.07, 6.45) is 1.13. The van der Waals surface area contributed by atoms with Crippen LogP contribution in [0.1, 0.15) is 33.0 Å². The molecule has 0 aliphatic carbocycles. The van der Waals surface area contributed by atoms with Gasteiger partial charge in [-0.05, 0) is 22.4 Å². The molecular formula is C13H20BrN3O. The SMILES string of the molecule is CC(C)(C)c1nc(Br)cc(NCC2CCOC2)n1. The van der Waals surface area contributed by atoms with E-state index in [0.717, 1.165) is 42.4 Å². The van der Waals surface area contributed by atoms with Gasteiger partial charge in [0.25, 0.3) is 0 Å². The lowest BCUT2D eigenvalue weighted by Gasteiger charge is -2.18. The smallest absolute Gasteiger partial charge is 0.137 e. The van der Waals surface area contributed by atoms with Crippen LogP contribution in [0.5, 0.6) is 0 Å². The first-order chi connectivity index (χ1) is 8.45. The Labute approximate surface area is 117 Å². The van der Waals surface area contributed by atoms with Crippen LogP contribution < -0.4 is 5.32 Å². The number of nitrogens with one attached hydrogen (secondary N) is 1. The number of hydrogen-bond acceptors (Lipinski definition) is 4. The van der Waals surface area contributed by atoms with E-state index < -0.39 is 0 Å². The van der Waals surface area contributed by atoms with Gasteiger partial charge in [-0.15, -0.1) is 0 Å². The maximum atomic E-state index is 5.37. The van der Waals surface area contributed by atoms with E-state index in [2.05, 4.69) is 52.0 Å². The summed E-state index contributed by atoms with van der Waals surface area (Å²) in [6, 6.07) is 1.92. The van der Waals surface area contributed by atoms with E-state index in [9.17, 15) is 0 Å². The standard InChI is InChI=1S/C13H20BrN3O/c1-13(2,3)12-16-10(14)6-11(17-12)15-7-9-4-5-18-8-9/h6,9H,4-5,7-8H2,1-3H3,(H,15,16,17). The monoisotopic (exact) mass is 313 g/mol. The first-order valence-corrected chi connectivity index (χ1v) is 7.11. The van der Waals surface area contributed by atoms with Crippen molar-refractivity contribution in [2.75, 3.05) is 25.1 Å². The van der Waals surface area contributed by atoms with Crippen molar-refractivity contribution in [3.63, 3.8) is 0 Å².